The van der Waals surface area contributed by atoms with Crippen LogP contribution in [0.3, 0.4) is 0 Å². The van der Waals surface area contributed by atoms with Gasteiger partial charge in [-0.15, -0.1) is 0 Å². The van der Waals surface area contributed by atoms with E-state index in [-0.39, 0.29) is 29.6 Å². The Morgan fingerprint density at radius 2 is 2.11 bits per heavy atom. The van der Waals surface area contributed by atoms with E-state index in [0.717, 1.165) is 18.7 Å². The average molecular weight is 384 g/mol. The number of hydrogen-bond donors (Lipinski definition) is 3. The number of allylic oxidation sites excluding steroid dienone is 1. The molecule has 1 saturated carbocycles. The van der Waals surface area contributed by atoms with Crippen molar-refractivity contribution in [3.63, 3.8) is 0 Å². The van der Waals surface area contributed by atoms with Crippen LogP contribution in [0.4, 0.5) is 0 Å². The predicted molar refractivity (Wildman–Crippen MR) is 105 cm³/mol. The Balaban J connectivity index is 1.90. The summed E-state index contributed by atoms with van der Waals surface area (Å²) in [5.41, 5.74) is 6.21. The molecule has 1 aromatic rings. The lowest BCUT2D eigenvalue weighted by molar-refractivity contribution is -0.171. The SMILES string of the molecule is CC(C)=CCN1CCC23CC(=O)CCC2(O)C1Cc1ccc(C(N)=O)c(O)c13. The monoisotopic (exact) mass is 384 g/mol. The van der Waals surface area contributed by atoms with E-state index in [2.05, 4.69) is 24.8 Å². The molecular formula is C22H28N2O4. The lowest BCUT2D eigenvalue weighted by atomic mass is 9.49. The Morgan fingerprint density at radius 1 is 1.36 bits per heavy atom. The zero-order valence-electron chi connectivity index (χ0n) is 16.5. The number of aliphatic hydroxyl groups is 1. The molecule has 1 aromatic carbocycles. The molecule has 3 aliphatic rings. The van der Waals surface area contributed by atoms with Gasteiger partial charge in [0.2, 0.25) is 0 Å². The Kier molecular flexibility index (Phi) is 4.39. The first-order valence-corrected chi connectivity index (χ1v) is 9.96. The number of nitrogens with two attached hydrogens (primary N) is 1. The quantitative estimate of drug-likeness (QED) is 0.690. The molecule has 1 heterocycles. The van der Waals surface area contributed by atoms with Gasteiger partial charge in [-0.3, -0.25) is 14.5 Å². The predicted octanol–water partition coefficient (Wildman–Crippen LogP) is 1.81. The molecule has 2 fully saturated rings. The standard InChI is InChI=1S/C22H28N2O4/c1-13(2)6-9-24-10-8-21-12-15(25)5-7-22(21,28)17(24)11-14-3-4-16(20(23)27)19(26)18(14)21/h3-4,6,17,26,28H,5,7-12H2,1-2H3,(H2,23,27). The number of carbonyl (C=O) groups excluding carboxylic acids is 2. The fourth-order valence-electron chi connectivity index (χ4n) is 5.72. The van der Waals surface area contributed by atoms with Gasteiger partial charge in [0.25, 0.3) is 5.91 Å². The highest BCUT2D eigenvalue weighted by Crippen LogP contribution is 2.59. The number of aromatic hydroxyl groups is 1. The van der Waals surface area contributed by atoms with E-state index in [1.54, 1.807) is 6.07 Å². The number of rotatable bonds is 3. The van der Waals surface area contributed by atoms with Crippen LogP contribution in [0, 0.1) is 0 Å². The van der Waals surface area contributed by atoms with Gasteiger partial charge in [0.15, 0.2) is 0 Å². The molecule has 2 aliphatic carbocycles. The van der Waals surface area contributed by atoms with Crippen LogP contribution in [0.1, 0.15) is 61.0 Å². The number of fused-ring (bicyclic) bond motifs is 1. The van der Waals surface area contributed by atoms with Gasteiger partial charge in [0.1, 0.15) is 11.5 Å². The van der Waals surface area contributed by atoms with Gasteiger partial charge < -0.3 is 15.9 Å². The first-order valence-electron chi connectivity index (χ1n) is 9.96. The molecule has 4 N–H and O–H groups in total. The molecule has 2 bridgehead atoms. The minimum absolute atomic E-state index is 0.0546. The molecule has 1 amide bonds. The van der Waals surface area contributed by atoms with E-state index < -0.39 is 16.9 Å². The summed E-state index contributed by atoms with van der Waals surface area (Å²) in [6.07, 6.45) is 4.21. The Morgan fingerprint density at radius 3 is 2.79 bits per heavy atom. The molecule has 1 saturated heterocycles. The number of benzene rings is 1. The van der Waals surface area contributed by atoms with Gasteiger partial charge in [-0.2, -0.15) is 0 Å². The average Bonchev–Trinajstić information content (AvgIpc) is 2.61. The maximum atomic E-state index is 12.5. The van der Waals surface area contributed by atoms with Crippen molar-refractivity contribution in [3.8, 4) is 5.75 Å². The number of nitrogens with zero attached hydrogens (tertiary/aromatic N) is 1. The number of primary amides is 1. The highest BCUT2D eigenvalue weighted by atomic mass is 16.3. The molecule has 3 atom stereocenters. The summed E-state index contributed by atoms with van der Waals surface area (Å²) < 4.78 is 0. The minimum atomic E-state index is -1.12. The molecule has 0 radical (unpaired) electrons. The molecule has 3 unspecified atom stereocenters. The third-order valence-corrected chi connectivity index (χ3v) is 7.09. The van der Waals surface area contributed by atoms with Crippen molar-refractivity contribution in [1.29, 1.82) is 0 Å². The molecule has 0 spiro atoms. The minimum Gasteiger partial charge on any atom is -0.507 e. The Bertz CT molecular complexity index is 889. The van der Waals surface area contributed by atoms with Gasteiger partial charge in [0.05, 0.1) is 11.2 Å². The van der Waals surface area contributed by atoms with E-state index in [4.69, 9.17) is 5.73 Å². The van der Waals surface area contributed by atoms with Crippen molar-refractivity contribution in [2.75, 3.05) is 13.1 Å². The first-order chi connectivity index (χ1) is 13.2. The van der Waals surface area contributed by atoms with Gasteiger partial charge in [0, 0.05) is 36.4 Å². The van der Waals surface area contributed by atoms with Gasteiger partial charge in [-0.1, -0.05) is 17.7 Å². The van der Waals surface area contributed by atoms with Crippen LogP contribution < -0.4 is 5.73 Å². The number of Topliss-reactive ketones (excluding diaryl/α,β-unsaturated/α-hetero) is 1. The summed E-state index contributed by atoms with van der Waals surface area (Å²) in [7, 11) is 0. The third-order valence-electron chi connectivity index (χ3n) is 7.09. The summed E-state index contributed by atoms with van der Waals surface area (Å²) in [4.78, 5) is 26.6. The summed E-state index contributed by atoms with van der Waals surface area (Å²) in [6.45, 7) is 5.59. The lowest BCUT2D eigenvalue weighted by Crippen LogP contribution is -2.73. The number of ketones is 1. The van der Waals surface area contributed by atoms with E-state index in [1.807, 2.05) is 6.07 Å². The van der Waals surface area contributed by atoms with Crippen molar-refractivity contribution in [2.45, 2.75) is 63.0 Å². The summed E-state index contributed by atoms with van der Waals surface area (Å²) in [5, 5.41) is 22.9. The summed E-state index contributed by atoms with van der Waals surface area (Å²) in [5.74, 6) is -0.766. The van der Waals surface area contributed by atoms with E-state index in [1.165, 1.54) is 5.57 Å². The third kappa shape index (κ3) is 2.54. The molecule has 28 heavy (non-hydrogen) atoms. The summed E-state index contributed by atoms with van der Waals surface area (Å²) >= 11 is 0. The van der Waals surface area contributed by atoms with E-state index in [9.17, 15) is 19.8 Å². The maximum Gasteiger partial charge on any atom is 0.252 e. The maximum absolute atomic E-state index is 12.5. The number of phenols is 1. The number of likely N-dealkylation sites (tertiary alicyclic amines) is 1. The van der Waals surface area contributed by atoms with Crippen molar-refractivity contribution >= 4 is 11.7 Å². The fourth-order valence-corrected chi connectivity index (χ4v) is 5.72. The number of amides is 1. The largest absolute Gasteiger partial charge is 0.507 e. The van der Waals surface area contributed by atoms with Crippen LogP contribution in [0.2, 0.25) is 0 Å². The van der Waals surface area contributed by atoms with Crippen LogP contribution in [0.25, 0.3) is 0 Å². The number of carbonyl (C=O) groups is 2. The van der Waals surface area contributed by atoms with Crippen LogP contribution in [-0.4, -0.2) is 51.5 Å². The van der Waals surface area contributed by atoms with Crippen molar-refractivity contribution < 1.29 is 19.8 Å². The van der Waals surface area contributed by atoms with E-state index in [0.29, 0.717) is 31.2 Å². The number of hydrogen-bond acceptors (Lipinski definition) is 5. The first kappa shape index (κ1) is 19.2. The topological polar surface area (TPSA) is 104 Å². The molecular weight excluding hydrogens is 356 g/mol. The molecule has 150 valence electrons. The molecule has 0 aromatic heterocycles. The summed E-state index contributed by atoms with van der Waals surface area (Å²) in [6, 6.07) is 3.25. The zero-order valence-corrected chi connectivity index (χ0v) is 16.5. The lowest BCUT2D eigenvalue weighted by Gasteiger charge is -2.63. The van der Waals surface area contributed by atoms with Crippen LogP contribution in [0.15, 0.2) is 23.8 Å². The van der Waals surface area contributed by atoms with Crippen LogP contribution in [0.5, 0.6) is 5.75 Å². The second-order valence-corrected chi connectivity index (χ2v) is 8.83. The van der Waals surface area contributed by atoms with Gasteiger partial charge >= 0.3 is 0 Å². The van der Waals surface area contributed by atoms with Gasteiger partial charge in [-0.25, -0.2) is 0 Å². The second-order valence-electron chi connectivity index (χ2n) is 8.83. The molecule has 1 aliphatic heterocycles. The molecule has 6 nitrogen and oxygen atoms in total. The van der Waals surface area contributed by atoms with Crippen molar-refractivity contribution in [2.24, 2.45) is 5.73 Å². The smallest absolute Gasteiger partial charge is 0.252 e. The fraction of sp³-hybridized carbons (Fsp3) is 0.545. The Labute approximate surface area is 165 Å². The van der Waals surface area contributed by atoms with Crippen molar-refractivity contribution in [3.05, 3.63) is 40.5 Å². The van der Waals surface area contributed by atoms with Crippen molar-refractivity contribution in [1.82, 2.24) is 4.90 Å². The van der Waals surface area contributed by atoms with Crippen LogP contribution >= 0.6 is 0 Å². The highest BCUT2D eigenvalue weighted by Gasteiger charge is 2.65. The van der Waals surface area contributed by atoms with Gasteiger partial charge in [-0.05, 0) is 51.3 Å². The highest BCUT2D eigenvalue weighted by molar-refractivity contribution is 5.96. The molecule has 6 heteroatoms. The number of piperidine rings is 1. The zero-order chi connectivity index (χ0) is 20.3. The Hall–Kier alpha value is -2.18. The molecule has 4 rings (SSSR count). The second kappa shape index (κ2) is 6.42. The van der Waals surface area contributed by atoms with E-state index >= 15 is 0 Å². The van der Waals surface area contributed by atoms with Crippen LogP contribution in [-0.2, 0) is 16.6 Å². The normalized spacial score (nSPS) is 31.7.